The summed E-state index contributed by atoms with van der Waals surface area (Å²) in [6, 6.07) is 13.1. The number of carbonyl (C=O) groups excluding carboxylic acids is 1. The Morgan fingerprint density at radius 3 is 2.27 bits per heavy atom. The summed E-state index contributed by atoms with van der Waals surface area (Å²) in [5, 5.41) is 11.2. The number of aliphatic carboxylic acids is 1. The molecule has 0 heterocycles. The second-order valence-electron chi connectivity index (χ2n) is 4.61. The van der Waals surface area contributed by atoms with Crippen molar-refractivity contribution in [2.75, 3.05) is 0 Å². The van der Waals surface area contributed by atoms with E-state index in [0.29, 0.717) is 5.56 Å². The molecule has 0 bridgehead atoms. The maximum atomic E-state index is 12.3. The van der Waals surface area contributed by atoms with Crippen molar-refractivity contribution in [2.45, 2.75) is 17.4 Å². The molecule has 0 aromatic heterocycles. The van der Waals surface area contributed by atoms with Crippen LogP contribution in [-0.2, 0) is 21.2 Å². The molecular formula is C15H13ClNO4S-. The summed E-state index contributed by atoms with van der Waals surface area (Å²) in [5.41, 5.74) is 0.679. The Morgan fingerprint density at radius 2 is 1.68 bits per heavy atom. The van der Waals surface area contributed by atoms with Crippen molar-refractivity contribution in [3.8, 4) is 0 Å². The first-order chi connectivity index (χ1) is 10.4. The highest BCUT2D eigenvalue weighted by Crippen LogP contribution is 2.20. The molecular weight excluding hydrogens is 326 g/mol. The SMILES string of the molecule is O=C([O-])[C@H](Cc1ccccc1)NS(=O)(=O)c1ccccc1Cl. The largest absolute Gasteiger partial charge is 0.548 e. The van der Waals surface area contributed by atoms with Crippen molar-refractivity contribution in [1.82, 2.24) is 4.72 Å². The van der Waals surface area contributed by atoms with Gasteiger partial charge in [-0.25, -0.2) is 13.1 Å². The Bertz CT molecular complexity index is 762. The minimum Gasteiger partial charge on any atom is -0.548 e. The zero-order valence-electron chi connectivity index (χ0n) is 11.4. The van der Waals surface area contributed by atoms with Gasteiger partial charge in [0.25, 0.3) is 0 Å². The number of carbonyl (C=O) groups is 1. The van der Waals surface area contributed by atoms with Gasteiger partial charge in [-0.15, -0.1) is 0 Å². The van der Waals surface area contributed by atoms with Crippen LogP contribution in [0.4, 0.5) is 0 Å². The zero-order chi connectivity index (χ0) is 16.2. The number of benzene rings is 2. The lowest BCUT2D eigenvalue weighted by atomic mass is 10.1. The molecule has 0 aliphatic carbocycles. The molecule has 2 aromatic rings. The highest BCUT2D eigenvalue weighted by molar-refractivity contribution is 7.89. The predicted molar refractivity (Wildman–Crippen MR) is 80.7 cm³/mol. The van der Waals surface area contributed by atoms with E-state index in [1.165, 1.54) is 18.2 Å². The summed E-state index contributed by atoms with van der Waals surface area (Å²) in [7, 11) is -4.06. The van der Waals surface area contributed by atoms with Crippen LogP contribution in [0.3, 0.4) is 0 Å². The van der Waals surface area contributed by atoms with Crippen molar-refractivity contribution >= 4 is 27.6 Å². The van der Waals surface area contributed by atoms with E-state index in [2.05, 4.69) is 4.72 Å². The van der Waals surface area contributed by atoms with E-state index in [0.717, 1.165) is 0 Å². The second kappa shape index (κ2) is 6.91. The van der Waals surface area contributed by atoms with E-state index in [-0.39, 0.29) is 16.3 Å². The fraction of sp³-hybridized carbons (Fsp3) is 0.133. The van der Waals surface area contributed by atoms with Crippen LogP contribution >= 0.6 is 11.6 Å². The zero-order valence-corrected chi connectivity index (χ0v) is 13.0. The Morgan fingerprint density at radius 1 is 1.09 bits per heavy atom. The fourth-order valence-corrected chi connectivity index (χ4v) is 3.64. The third-order valence-corrected chi connectivity index (χ3v) is 4.96. The van der Waals surface area contributed by atoms with Gasteiger partial charge in [0.2, 0.25) is 10.0 Å². The summed E-state index contributed by atoms with van der Waals surface area (Å²) in [5.74, 6) is -1.50. The summed E-state index contributed by atoms with van der Waals surface area (Å²) in [4.78, 5) is 11.1. The van der Waals surface area contributed by atoms with Gasteiger partial charge in [0, 0.05) is 0 Å². The maximum Gasteiger partial charge on any atom is 0.242 e. The number of halogens is 1. The summed E-state index contributed by atoms with van der Waals surface area (Å²) in [6.07, 6.45) is -0.0210. The Balaban J connectivity index is 2.24. The molecule has 0 saturated heterocycles. The van der Waals surface area contributed by atoms with Crippen molar-refractivity contribution in [3.63, 3.8) is 0 Å². The molecule has 22 heavy (non-hydrogen) atoms. The van der Waals surface area contributed by atoms with Crippen LogP contribution in [0.15, 0.2) is 59.5 Å². The first kappa shape index (κ1) is 16.5. The Hall–Kier alpha value is -1.89. The molecule has 1 atom stereocenters. The monoisotopic (exact) mass is 338 g/mol. The van der Waals surface area contributed by atoms with Gasteiger partial charge in [0.15, 0.2) is 0 Å². The van der Waals surface area contributed by atoms with Gasteiger partial charge in [0.05, 0.1) is 17.0 Å². The van der Waals surface area contributed by atoms with Crippen molar-refractivity contribution < 1.29 is 18.3 Å². The molecule has 0 radical (unpaired) electrons. The highest BCUT2D eigenvalue weighted by Gasteiger charge is 2.23. The minimum atomic E-state index is -4.06. The Labute approximate surface area is 133 Å². The van der Waals surface area contributed by atoms with E-state index in [1.54, 1.807) is 36.4 Å². The van der Waals surface area contributed by atoms with Gasteiger partial charge in [0.1, 0.15) is 4.90 Å². The summed E-state index contributed by atoms with van der Waals surface area (Å²) >= 11 is 5.85. The molecule has 7 heteroatoms. The van der Waals surface area contributed by atoms with E-state index in [4.69, 9.17) is 11.6 Å². The highest BCUT2D eigenvalue weighted by atomic mass is 35.5. The molecule has 0 saturated carbocycles. The van der Waals surface area contributed by atoms with Gasteiger partial charge >= 0.3 is 0 Å². The van der Waals surface area contributed by atoms with Crippen molar-refractivity contribution in [3.05, 3.63) is 65.2 Å². The smallest absolute Gasteiger partial charge is 0.242 e. The Kier molecular flexibility index (Phi) is 5.18. The molecule has 0 fully saturated rings. The molecule has 0 aliphatic heterocycles. The first-order valence-electron chi connectivity index (χ1n) is 6.42. The molecule has 0 spiro atoms. The minimum absolute atomic E-state index is 0.0202. The standard InChI is InChI=1S/C15H14ClNO4S/c16-12-8-4-5-9-14(12)22(20,21)17-13(15(18)19)10-11-6-2-1-3-7-11/h1-9,13,17H,10H2,(H,18,19)/p-1/t13-/m0/s1. The van der Waals surface area contributed by atoms with E-state index in [9.17, 15) is 18.3 Å². The maximum absolute atomic E-state index is 12.3. The normalized spacial score (nSPS) is 12.8. The lowest BCUT2D eigenvalue weighted by Gasteiger charge is -2.20. The van der Waals surface area contributed by atoms with E-state index >= 15 is 0 Å². The quantitative estimate of drug-likeness (QED) is 0.850. The van der Waals surface area contributed by atoms with Crippen LogP contribution in [0, 0.1) is 0 Å². The number of carboxylic acids is 1. The average molecular weight is 339 g/mol. The number of carboxylic acid groups (broad SMARTS) is 1. The lowest BCUT2D eigenvalue weighted by molar-refractivity contribution is -0.307. The van der Waals surface area contributed by atoms with Crippen LogP contribution in [-0.4, -0.2) is 20.4 Å². The topological polar surface area (TPSA) is 86.3 Å². The van der Waals surface area contributed by atoms with Crippen LogP contribution in [0.1, 0.15) is 5.56 Å². The first-order valence-corrected chi connectivity index (χ1v) is 8.28. The summed E-state index contributed by atoms with van der Waals surface area (Å²) < 4.78 is 26.7. The van der Waals surface area contributed by atoms with Crippen molar-refractivity contribution in [2.24, 2.45) is 0 Å². The molecule has 0 unspecified atom stereocenters. The van der Waals surface area contributed by atoms with Gasteiger partial charge in [-0.2, -0.15) is 0 Å². The number of nitrogens with one attached hydrogen (secondary N) is 1. The van der Waals surface area contributed by atoms with Gasteiger partial charge in [-0.05, 0) is 24.1 Å². The molecule has 116 valence electrons. The number of hydrogen-bond donors (Lipinski definition) is 1. The van der Waals surface area contributed by atoms with E-state index in [1.807, 2.05) is 0 Å². The number of rotatable bonds is 6. The fourth-order valence-electron chi connectivity index (χ4n) is 1.94. The van der Waals surface area contributed by atoms with Gasteiger partial charge in [-0.3, -0.25) is 0 Å². The van der Waals surface area contributed by atoms with Crippen LogP contribution in [0.5, 0.6) is 0 Å². The summed E-state index contributed by atoms with van der Waals surface area (Å²) in [6.45, 7) is 0. The predicted octanol–water partition coefficient (Wildman–Crippen LogP) is 0.979. The molecule has 5 nitrogen and oxygen atoms in total. The lowest BCUT2D eigenvalue weighted by Crippen LogP contribution is -2.49. The van der Waals surface area contributed by atoms with Crippen LogP contribution in [0.25, 0.3) is 0 Å². The molecule has 2 rings (SSSR count). The van der Waals surface area contributed by atoms with E-state index < -0.39 is 22.0 Å². The van der Waals surface area contributed by atoms with Gasteiger partial charge in [-0.1, -0.05) is 54.1 Å². The molecule has 2 aromatic carbocycles. The van der Waals surface area contributed by atoms with Crippen LogP contribution in [0.2, 0.25) is 5.02 Å². The third kappa shape index (κ3) is 4.07. The third-order valence-electron chi connectivity index (χ3n) is 2.99. The molecule has 0 aliphatic rings. The number of sulfonamides is 1. The number of hydrogen-bond acceptors (Lipinski definition) is 4. The van der Waals surface area contributed by atoms with Crippen LogP contribution < -0.4 is 9.83 Å². The average Bonchev–Trinajstić information content (AvgIpc) is 2.47. The second-order valence-corrected chi connectivity index (χ2v) is 6.70. The van der Waals surface area contributed by atoms with Gasteiger partial charge < -0.3 is 9.90 Å². The molecule has 1 N–H and O–H groups in total. The van der Waals surface area contributed by atoms with Crippen molar-refractivity contribution in [1.29, 1.82) is 0 Å². The molecule has 0 amide bonds.